The van der Waals surface area contributed by atoms with Gasteiger partial charge in [-0.3, -0.25) is 4.79 Å². The summed E-state index contributed by atoms with van der Waals surface area (Å²) in [5.74, 6) is 0.0795. The van der Waals surface area contributed by atoms with Gasteiger partial charge in [0.15, 0.2) is 0 Å². The third-order valence-corrected chi connectivity index (χ3v) is 5.96. The highest BCUT2D eigenvalue weighted by molar-refractivity contribution is 6.06. The third-order valence-electron chi connectivity index (χ3n) is 5.96. The average Bonchev–Trinajstić information content (AvgIpc) is 3.37. The van der Waals surface area contributed by atoms with E-state index in [0.29, 0.717) is 29.9 Å². The van der Waals surface area contributed by atoms with Gasteiger partial charge in [0.25, 0.3) is 5.91 Å². The van der Waals surface area contributed by atoms with Crippen molar-refractivity contribution in [2.45, 2.75) is 52.1 Å². The third kappa shape index (κ3) is 4.90. The summed E-state index contributed by atoms with van der Waals surface area (Å²) >= 11 is 0. The van der Waals surface area contributed by atoms with Gasteiger partial charge in [-0.1, -0.05) is 18.9 Å². The van der Waals surface area contributed by atoms with Crippen LogP contribution in [-0.4, -0.2) is 34.1 Å². The van der Waals surface area contributed by atoms with Gasteiger partial charge in [0.1, 0.15) is 11.6 Å². The van der Waals surface area contributed by atoms with E-state index in [0.717, 1.165) is 29.7 Å². The molecule has 3 N–H and O–H groups in total. The molecule has 8 heteroatoms. The largest absolute Gasteiger partial charge is 0.336 e. The summed E-state index contributed by atoms with van der Waals surface area (Å²) in [4.78, 5) is 29.3. The molecule has 0 atom stereocenters. The Morgan fingerprint density at radius 3 is 2.69 bits per heavy atom. The first-order chi connectivity index (χ1) is 15.4. The molecule has 1 heterocycles. The first kappa shape index (κ1) is 21.8. The van der Waals surface area contributed by atoms with Crippen molar-refractivity contribution in [2.24, 2.45) is 0 Å². The Kier molecular flexibility index (Phi) is 6.39. The van der Waals surface area contributed by atoms with Crippen LogP contribution in [0.15, 0.2) is 36.4 Å². The maximum absolute atomic E-state index is 13.5. The van der Waals surface area contributed by atoms with E-state index in [1.165, 1.54) is 25.0 Å². The van der Waals surface area contributed by atoms with Crippen LogP contribution in [0.3, 0.4) is 0 Å². The minimum absolute atomic E-state index is 0.134. The molecule has 1 aromatic heterocycles. The van der Waals surface area contributed by atoms with Crippen molar-refractivity contribution in [1.82, 2.24) is 20.2 Å². The molecule has 0 bridgehead atoms. The van der Waals surface area contributed by atoms with Gasteiger partial charge in [-0.15, -0.1) is 0 Å². The number of carbonyl (C=O) groups is 2. The molecule has 1 saturated carbocycles. The Morgan fingerprint density at radius 2 is 1.91 bits per heavy atom. The van der Waals surface area contributed by atoms with Gasteiger partial charge in [-0.2, -0.15) is 0 Å². The lowest BCUT2D eigenvalue weighted by atomic mass is 10.1. The minimum Gasteiger partial charge on any atom is -0.336 e. The van der Waals surface area contributed by atoms with Crippen molar-refractivity contribution in [2.75, 3.05) is 11.9 Å². The SMILES string of the molecule is Cc1ccc(F)cc1NC(=O)c1ccc2c(c1)nc(C)n2CCNC(=O)NC1CCCC1. The highest BCUT2D eigenvalue weighted by Gasteiger charge is 2.17. The van der Waals surface area contributed by atoms with Crippen LogP contribution in [0.2, 0.25) is 0 Å². The number of hydrogen-bond acceptors (Lipinski definition) is 3. The minimum atomic E-state index is -0.402. The molecule has 0 aliphatic heterocycles. The predicted octanol–water partition coefficient (Wildman–Crippen LogP) is 4.29. The number of hydrogen-bond donors (Lipinski definition) is 3. The Hall–Kier alpha value is -3.42. The smallest absolute Gasteiger partial charge is 0.315 e. The highest BCUT2D eigenvalue weighted by Crippen LogP contribution is 2.21. The zero-order valence-electron chi connectivity index (χ0n) is 18.4. The first-order valence-electron chi connectivity index (χ1n) is 11.0. The summed E-state index contributed by atoms with van der Waals surface area (Å²) in [5, 5.41) is 8.69. The van der Waals surface area contributed by atoms with Crippen LogP contribution in [-0.2, 0) is 6.54 Å². The summed E-state index contributed by atoms with van der Waals surface area (Å²) in [6.45, 7) is 4.76. The van der Waals surface area contributed by atoms with Gasteiger partial charge in [-0.25, -0.2) is 14.2 Å². The van der Waals surface area contributed by atoms with Crippen molar-refractivity contribution < 1.29 is 14.0 Å². The molecule has 0 unspecified atom stereocenters. The number of benzene rings is 2. The normalized spacial score (nSPS) is 14.0. The van der Waals surface area contributed by atoms with E-state index in [1.807, 2.05) is 24.5 Å². The topological polar surface area (TPSA) is 88.1 Å². The van der Waals surface area contributed by atoms with Gasteiger partial charge in [0.05, 0.1) is 11.0 Å². The summed E-state index contributed by atoms with van der Waals surface area (Å²) in [6.07, 6.45) is 4.45. The quantitative estimate of drug-likeness (QED) is 0.538. The van der Waals surface area contributed by atoms with Crippen molar-refractivity contribution >= 4 is 28.7 Å². The van der Waals surface area contributed by atoms with E-state index in [-0.39, 0.29) is 18.0 Å². The number of halogens is 1. The Bertz CT molecular complexity index is 1150. The van der Waals surface area contributed by atoms with Crippen LogP contribution in [0.25, 0.3) is 11.0 Å². The van der Waals surface area contributed by atoms with Crippen LogP contribution in [0, 0.1) is 19.7 Å². The first-order valence-corrected chi connectivity index (χ1v) is 11.0. The Labute approximate surface area is 186 Å². The molecule has 0 spiro atoms. The number of nitrogens with one attached hydrogen (secondary N) is 3. The van der Waals surface area contributed by atoms with Crippen LogP contribution in [0.1, 0.15) is 47.4 Å². The number of rotatable bonds is 6. The van der Waals surface area contributed by atoms with Gasteiger partial charge < -0.3 is 20.5 Å². The van der Waals surface area contributed by atoms with E-state index in [2.05, 4.69) is 20.9 Å². The summed E-state index contributed by atoms with van der Waals surface area (Å²) < 4.78 is 15.5. The van der Waals surface area contributed by atoms with Crippen molar-refractivity contribution in [1.29, 1.82) is 0 Å². The highest BCUT2D eigenvalue weighted by atomic mass is 19.1. The molecular weight excluding hydrogens is 409 g/mol. The fourth-order valence-corrected chi connectivity index (χ4v) is 4.18. The van der Waals surface area contributed by atoms with Gasteiger partial charge in [0, 0.05) is 30.4 Å². The number of urea groups is 1. The number of nitrogens with zero attached hydrogens (tertiary/aromatic N) is 2. The summed E-state index contributed by atoms with van der Waals surface area (Å²) in [5.41, 5.74) is 3.25. The fourth-order valence-electron chi connectivity index (χ4n) is 4.18. The number of carbonyl (C=O) groups excluding carboxylic acids is 2. The summed E-state index contributed by atoms with van der Waals surface area (Å²) in [6, 6.07) is 9.74. The van der Waals surface area contributed by atoms with Crippen LogP contribution in [0.4, 0.5) is 14.9 Å². The van der Waals surface area contributed by atoms with Crippen molar-refractivity contribution in [3.8, 4) is 0 Å². The summed E-state index contributed by atoms with van der Waals surface area (Å²) in [7, 11) is 0. The molecule has 1 aliphatic carbocycles. The van der Waals surface area contributed by atoms with Crippen molar-refractivity contribution in [3.63, 3.8) is 0 Å². The van der Waals surface area contributed by atoms with Crippen molar-refractivity contribution in [3.05, 3.63) is 59.2 Å². The second kappa shape index (κ2) is 9.38. The van der Waals surface area contributed by atoms with E-state index >= 15 is 0 Å². The second-order valence-corrected chi connectivity index (χ2v) is 8.31. The predicted molar refractivity (Wildman–Crippen MR) is 122 cm³/mol. The zero-order chi connectivity index (χ0) is 22.7. The molecule has 168 valence electrons. The number of imidazole rings is 1. The van der Waals surface area contributed by atoms with E-state index in [9.17, 15) is 14.0 Å². The molecule has 7 nitrogen and oxygen atoms in total. The van der Waals surface area contributed by atoms with Gasteiger partial charge in [0.2, 0.25) is 0 Å². The lowest BCUT2D eigenvalue weighted by molar-refractivity contribution is 0.102. The average molecular weight is 438 g/mol. The maximum Gasteiger partial charge on any atom is 0.315 e. The standard InChI is InChI=1S/C24H28FN5O2/c1-15-7-9-18(25)14-20(15)29-23(31)17-8-10-22-21(13-17)27-16(2)30(22)12-11-26-24(32)28-19-5-3-4-6-19/h7-10,13-14,19H,3-6,11-12H2,1-2H3,(H,29,31)(H2,26,28,32). The molecule has 3 aromatic rings. The van der Waals surface area contributed by atoms with Gasteiger partial charge >= 0.3 is 6.03 Å². The molecule has 4 rings (SSSR count). The monoisotopic (exact) mass is 437 g/mol. The molecule has 3 amide bonds. The lowest BCUT2D eigenvalue weighted by Crippen LogP contribution is -2.41. The van der Waals surface area contributed by atoms with Crippen LogP contribution in [0.5, 0.6) is 0 Å². The second-order valence-electron chi connectivity index (χ2n) is 8.31. The number of aryl methyl sites for hydroxylation is 2. The molecule has 0 radical (unpaired) electrons. The molecule has 1 fully saturated rings. The van der Waals surface area contributed by atoms with E-state index in [1.54, 1.807) is 18.2 Å². The van der Waals surface area contributed by atoms with E-state index < -0.39 is 5.82 Å². The Balaban J connectivity index is 1.41. The van der Waals surface area contributed by atoms with Gasteiger partial charge in [-0.05, 0) is 62.6 Å². The molecular formula is C24H28FN5O2. The van der Waals surface area contributed by atoms with Crippen LogP contribution >= 0.6 is 0 Å². The number of aromatic nitrogens is 2. The molecule has 32 heavy (non-hydrogen) atoms. The zero-order valence-corrected chi connectivity index (χ0v) is 18.4. The number of fused-ring (bicyclic) bond motifs is 1. The fraction of sp³-hybridized carbons (Fsp3) is 0.375. The Morgan fingerprint density at radius 1 is 1.12 bits per heavy atom. The van der Waals surface area contributed by atoms with E-state index in [4.69, 9.17) is 0 Å². The van der Waals surface area contributed by atoms with Crippen LogP contribution < -0.4 is 16.0 Å². The molecule has 1 aliphatic rings. The number of anilines is 1. The maximum atomic E-state index is 13.5. The lowest BCUT2D eigenvalue weighted by Gasteiger charge is -2.13. The number of amides is 3. The molecule has 0 saturated heterocycles. The molecule has 2 aromatic carbocycles.